The van der Waals surface area contributed by atoms with Gasteiger partial charge in [0.05, 0.1) is 23.8 Å². The van der Waals surface area contributed by atoms with Crippen LogP contribution in [0, 0.1) is 0 Å². The predicted octanol–water partition coefficient (Wildman–Crippen LogP) is 7.44. The first kappa shape index (κ1) is 26.7. The number of rotatable bonds is 8. The van der Waals surface area contributed by atoms with Crippen LogP contribution < -0.4 is 0 Å². The summed E-state index contributed by atoms with van der Waals surface area (Å²) in [6.45, 7) is 7.66. The van der Waals surface area contributed by atoms with Crippen molar-refractivity contribution in [3.63, 3.8) is 0 Å². The van der Waals surface area contributed by atoms with Crippen LogP contribution >= 0.6 is 0 Å². The number of para-hydroxylation sites is 1. The van der Waals surface area contributed by atoms with Gasteiger partial charge in [-0.15, -0.1) is 0 Å². The van der Waals surface area contributed by atoms with Crippen LogP contribution in [0.5, 0.6) is 0 Å². The van der Waals surface area contributed by atoms with E-state index in [1.807, 2.05) is 13.8 Å². The van der Waals surface area contributed by atoms with Crippen molar-refractivity contribution in [1.82, 2.24) is 9.88 Å². The lowest BCUT2D eigenvalue weighted by Crippen LogP contribution is -2.41. The van der Waals surface area contributed by atoms with Crippen LogP contribution in [0.25, 0.3) is 10.9 Å². The van der Waals surface area contributed by atoms with Gasteiger partial charge < -0.3 is 9.64 Å². The second-order valence-corrected chi connectivity index (χ2v) is 9.29. The molecule has 2 unspecified atom stereocenters. The highest BCUT2D eigenvalue weighted by atomic mass is 19.4. The van der Waals surface area contributed by atoms with Crippen molar-refractivity contribution in [3.8, 4) is 0 Å². The van der Waals surface area contributed by atoms with Gasteiger partial charge in [-0.25, -0.2) is 4.98 Å². The standard InChI is InChI=1S/C25H32F6N2O/c1-4-11-33-12-6-5-8-18(33)13-17(15-34-16(2)3)20-14-22(25(29,30)31)32-23-19(20)9-7-10-21(23)24(26,27)28/h7,9-10,14,16-18H,4-6,8,11-13,15H2,1-3H3. The Kier molecular flexibility index (Phi) is 8.50. The van der Waals surface area contributed by atoms with E-state index in [1.165, 1.54) is 12.1 Å². The molecule has 0 bridgehead atoms. The Morgan fingerprint density at radius 1 is 1.09 bits per heavy atom. The highest BCUT2D eigenvalue weighted by molar-refractivity contribution is 5.86. The Balaban J connectivity index is 2.16. The van der Waals surface area contributed by atoms with Gasteiger partial charge in [0.25, 0.3) is 0 Å². The molecule has 0 amide bonds. The Morgan fingerprint density at radius 3 is 2.44 bits per heavy atom. The maximum atomic E-state index is 13.7. The molecule has 0 radical (unpaired) electrons. The molecule has 1 aromatic carbocycles. The summed E-state index contributed by atoms with van der Waals surface area (Å²) in [5.74, 6) is -0.500. The first-order valence-electron chi connectivity index (χ1n) is 11.9. The van der Waals surface area contributed by atoms with Gasteiger partial charge in [0.15, 0.2) is 0 Å². The lowest BCUT2D eigenvalue weighted by molar-refractivity contribution is -0.142. The van der Waals surface area contributed by atoms with Crippen molar-refractivity contribution in [2.75, 3.05) is 19.7 Å². The third kappa shape index (κ3) is 6.42. The van der Waals surface area contributed by atoms with E-state index in [4.69, 9.17) is 4.74 Å². The topological polar surface area (TPSA) is 25.4 Å². The summed E-state index contributed by atoms with van der Waals surface area (Å²) in [6, 6.07) is 4.50. The summed E-state index contributed by atoms with van der Waals surface area (Å²) in [7, 11) is 0. The highest BCUT2D eigenvalue weighted by Crippen LogP contribution is 2.41. The Labute approximate surface area is 196 Å². The molecular weight excluding hydrogens is 458 g/mol. The fourth-order valence-corrected chi connectivity index (χ4v) is 4.82. The second-order valence-electron chi connectivity index (χ2n) is 9.29. The van der Waals surface area contributed by atoms with E-state index in [9.17, 15) is 26.3 Å². The highest BCUT2D eigenvalue weighted by Gasteiger charge is 2.38. The fraction of sp³-hybridized carbons (Fsp3) is 0.640. The third-order valence-electron chi connectivity index (χ3n) is 6.35. The molecule has 9 heteroatoms. The van der Waals surface area contributed by atoms with Crippen molar-refractivity contribution >= 4 is 10.9 Å². The predicted molar refractivity (Wildman–Crippen MR) is 120 cm³/mol. The number of halogens is 6. The van der Waals surface area contributed by atoms with Crippen LogP contribution in [0.1, 0.15) is 75.6 Å². The van der Waals surface area contributed by atoms with Crippen molar-refractivity contribution in [2.24, 2.45) is 0 Å². The molecule has 2 aromatic rings. The number of likely N-dealkylation sites (tertiary alicyclic amines) is 1. The molecule has 0 spiro atoms. The van der Waals surface area contributed by atoms with E-state index in [0.29, 0.717) is 6.42 Å². The van der Waals surface area contributed by atoms with Gasteiger partial charge >= 0.3 is 12.4 Å². The van der Waals surface area contributed by atoms with E-state index in [2.05, 4.69) is 16.8 Å². The zero-order valence-corrected chi connectivity index (χ0v) is 19.8. The zero-order valence-electron chi connectivity index (χ0n) is 19.8. The second kappa shape index (κ2) is 10.8. The molecule has 0 aliphatic carbocycles. The summed E-state index contributed by atoms with van der Waals surface area (Å²) in [6.07, 6.45) is -5.40. The number of benzene rings is 1. The maximum Gasteiger partial charge on any atom is 0.433 e. The molecule has 190 valence electrons. The monoisotopic (exact) mass is 490 g/mol. The number of hydrogen-bond acceptors (Lipinski definition) is 3. The number of ether oxygens (including phenoxy) is 1. The van der Waals surface area contributed by atoms with Gasteiger partial charge in [0, 0.05) is 17.3 Å². The number of pyridine rings is 1. The van der Waals surface area contributed by atoms with E-state index < -0.39 is 35.0 Å². The van der Waals surface area contributed by atoms with E-state index in [-0.39, 0.29) is 29.7 Å². The normalized spacial score (nSPS) is 19.2. The minimum atomic E-state index is -4.87. The molecule has 0 saturated carbocycles. The average Bonchev–Trinajstić information content (AvgIpc) is 2.75. The molecule has 3 rings (SSSR count). The molecule has 0 N–H and O–H groups in total. The summed E-state index contributed by atoms with van der Waals surface area (Å²) >= 11 is 0. The average molecular weight is 491 g/mol. The van der Waals surface area contributed by atoms with Gasteiger partial charge in [-0.2, -0.15) is 26.3 Å². The molecule has 1 aliphatic rings. The van der Waals surface area contributed by atoms with Crippen LogP contribution in [0.4, 0.5) is 26.3 Å². The van der Waals surface area contributed by atoms with Gasteiger partial charge in [-0.1, -0.05) is 25.5 Å². The molecule has 34 heavy (non-hydrogen) atoms. The SMILES string of the molecule is CCCN1CCCCC1CC(COC(C)C)c1cc(C(F)(F)F)nc2c(C(F)(F)F)cccc12. The van der Waals surface area contributed by atoms with Crippen LogP contribution in [-0.2, 0) is 17.1 Å². The van der Waals surface area contributed by atoms with Crippen molar-refractivity contribution in [2.45, 2.75) is 83.3 Å². The number of aromatic nitrogens is 1. The van der Waals surface area contributed by atoms with Crippen LogP contribution in [0.3, 0.4) is 0 Å². The first-order chi connectivity index (χ1) is 15.9. The lowest BCUT2D eigenvalue weighted by Gasteiger charge is -2.38. The quantitative estimate of drug-likeness (QED) is 0.360. The Hall–Kier alpha value is -1.87. The minimum Gasteiger partial charge on any atom is -0.378 e. The number of hydrogen-bond donors (Lipinski definition) is 0. The maximum absolute atomic E-state index is 13.7. The van der Waals surface area contributed by atoms with Gasteiger partial charge in [-0.05, 0) is 70.3 Å². The van der Waals surface area contributed by atoms with E-state index in [1.54, 1.807) is 0 Å². The van der Waals surface area contributed by atoms with Crippen LogP contribution in [0.15, 0.2) is 24.3 Å². The van der Waals surface area contributed by atoms with Gasteiger partial charge in [0.2, 0.25) is 0 Å². The van der Waals surface area contributed by atoms with E-state index >= 15 is 0 Å². The third-order valence-corrected chi connectivity index (χ3v) is 6.35. The Bertz CT molecular complexity index is 955. The van der Waals surface area contributed by atoms with E-state index in [0.717, 1.165) is 50.9 Å². The van der Waals surface area contributed by atoms with Crippen LogP contribution in [0.2, 0.25) is 0 Å². The van der Waals surface area contributed by atoms with Gasteiger partial charge in [-0.3, -0.25) is 0 Å². The summed E-state index contributed by atoms with van der Waals surface area (Å²) in [5.41, 5.74) is -2.92. The minimum absolute atomic E-state index is 0.0954. The fourth-order valence-electron chi connectivity index (χ4n) is 4.82. The molecule has 1 aliphatic heterocycles. The number of piperidine rings is 1. The summed E-state index contributed by atoms with van der Waals surface area (Å²) in [5, 5.41) is 0.0954. The molecule has 1 saturated heterocycles. The lowest BCUT2D eigenvalue weighted by atomic mass is 9.85. The smallest absolute Gasteiger partial charge is 0.378 e. The number of fused-ring (bicyclic) bond motifs is 1. The molecule has 2 heterocycles. The van der Waals surface area contributed by atoms with Crippen molar-refractivity contribution < 1.29 is 31.1 Å². The number of alkyl halides is 6. The largest absolute Gasteiger partial charge is 0.433 e. The summed E-state index contributed by atoms with van der Waals surface area (Å²) < 4.78 is 88.1. The van der Waals surface area contributed by atoms with Crippen molar-refractivity contribution in [1.29, 1.82) is 0 Å². The molecule has 2 atom stereocenters. The zero-order chi connectivity index (χ0) is 25.1. The molecular formula is C25H32F6N2O. The number of nitrogens with zero attached hydrogens (tertiary/aromatic N) is 2. The molecule has 1 aromatic heterocycles. The molecule has 1 fully saturated rings. The van der Waals surface area contributed by atoms with Crippen molar-refractivity contribution in [3.05, 3.63) is 41.1 Å². The first-order valence-corrected chi connectivity index (χ1v) is 11.9. The molecule has 3 nitrogen and oxygen atoms in total. The van der Waals surface area contributed by atoms with Gasteiger partial charge in [0.1, 0.15) is 5.69 Å². The Morgan fingerprint density at radius 2 is 1.82 bits per heavy atom. The van der Waals surface area contributed by atoms with Crippen LogP contribution in [-0.4, -0.2) is 41.7 Å². The summed E-state index contributed by atoms with van der Waals surface area (Å²) in [4.78, 5) is 5.79.